The minimum atomic E-state index is 0.180. The van der Waals surface area contributed by atoms with Crippen molar-refractivity contribution in [3.8, 4) is 23.3 Å². The average Bonchev–Trinajstić information content (AvgIpc) is 2.32. The predicted octanol–water partition coefficient (Wildman–Crippen LogP) is 2.45. The number of nitriles is 1. The normalized spacial score (nSPS) is 9.44. The highest BCUT2D eigenvalue weighted by atomic mass is 16.5. The zero-order valence-corrected chi connectivity index (χ0v) is 8.29. The lowest BCUT2D eigenvalue weighted by atomic mass is 10.3. The Morgan fingerprint density at radius 2 is 1.88 bits per heavy atom. The Morgan fingerprint density at radius 1 is 1.12 bits per heavy atom. The topological polar surface area (TPSA) is 66.1 Å². The fraction of sp³-hybridized carbons (Fsp3) is 0. The third kappa shape index (κ3) is 2.28. The summed E-state index contributed by atoms with van der Waals surface area (Å²) in [6, 6.07) is 11.5. The number of phenolic OH excluding ortho intramolecular Hbond substituents is 1. The molecule has 1 heterocycles. The number of rotatable bonds is 2. The molecule has 0 aliphatic heterocycles. The molecule has 4 nitrogen and oxygen atoms in total. The summed E-state index contributed by atoms with van der Waals surface area (Å²) < 4.78 is 5.47. The monoisotopic (exact) mass is 212 g/mol. The van der Waals surface area contributed by atoms with Crippen molar-refractivity contribution in [1.82, 2.24) is 4.98 Å². The average molecular weight is 212 g/mol. The summed E-state index contributed by atoms with van der Waals surface area (Å²) in [4.78, 5) is 3.83. The first kappa shape index (κ1) is 9.99. The van der Waals surface area contributed by atoms with E-state index in [1.54, 1.807) is 24.3 Å². The van der Waals surface area contributed by atoms with Gasteiger partial charge in [-0.05, 0) is 30.3 Å². The van der Waals surface area contributed by atoms with Gasteiger partial charge in [-0.25, -0.2) is 4.98 Å². The fourth-order valence-corrected chi connectivity index (χ4v) is 1.19. The lowest BCUT2D eigenvalue weighted by molar-refractivity contribution is 0.464. The van der Waals surface area contributed by atoms with E-state index in [1.165, 1.54) is 18.3 Å². The second-order valence-electron chi connectivity index (χ2n) is 3.08. The van der Waals surface area contributed by atoms with Crippen LogP contribution in [0.4, 0.5) is 0 Å². The molecule has 0 aliphatic rings. The smallest absolute Gasteiger partial charge is 0.144 e. The van der Waals surface area contributed by atoms with Crippen LogP contribution in [0.25, 0.3) is 0 Å². The third-order valence-electron chi connectivity index (χ3n) is 1.92. The lowest BCUT2D eigenvalue weighted by Gasteiger charge is -2.05. The van der Waals surface area contributed by atoms with Crippen molar-refractivity contribution in [3.05, 3.63) is 48.3 Å². The molecular weight excluding hydrogens is 204 g/mol. The standard InChI is InChI=1S/C12H8N2O2/c13-8-9-7-12(5-6-14-9)16-11-3-1-10(15)2-4-11/h1-7,15H. The minimum absolute atomic E-state index is 0.180. The number of aromatic nitrogens is 1. The van der Waals surface area contributed by atoms with Gasteiger partial charge in [0.05, 0.1) is 0 Å². The van der Waals surface area contributed by atoms with Gasteiger partial charge in [0.2, 0.25) is 0 Å². The molecule has 0 fully saturated rings. The van der Waals surface area contributed by atoms with Gasteiger partial charge in [0.15, 0.2) is 0 Å². The third-order valence-corrected chi connectivity index (χ3v) is 1.92. The van der Waals surface area contributed by atoms with Gasteiger partial charge in [-0.15, -0.1) is 0 Å². The van der Waals surface area contributed by atoms with Crippen LogP contribution in [0.2, 0.25) is 0 Å². The Labute approximate surface area is 92.4 Å². The van der Waals surface area contributed by atoms with Crippen LogP contribution >= 0.6 is 0 Å². The molecule has 4 heteroatoms. The largest absolute Gasteiger partial charge is 0.508 e. The van der Waals surface area contributed by atoms with Crippen LogP contribution in [0.1, 0.15) is 5.69 Å². The number of hydrogen-bond donors (Lipinski definition) is 1. The van der Waals surface area contributed by atoms with Gasteiger partial charge in [0.25, 0.3) is 0 Å². The van der Waals surface area contributed by atoms with E-state index < -0.39 is 0 Å². The van der Waals surface area contributed by atoms with Crippen molar-refractivity contribution >= 4 is 0 Å². The summed E-state index contributed by atoms with van der Waals surface area (Å²) in [5.41, 5.74) is 0.302. The van der Waals surface area contributed by atoms with E-state index >= 15 is 0 Å². The summed E-state index contributed by atoms with van der Waals surface area (Å²) in [5.74, 6) is 1.31. The van der Waals surface area contributed by atoms with Crippen LogP contribution in [-0.2, 0) is 0 Å². The number of pyridine rings is 1. The fourth-order valence-electron chi connectivity index (χ4n) is 1.19. The maximum absolute atomic E-state index is 9.10. The molecule has 1 aromatic heterocycles. The Hall–Kier alpha value is -2.54. The Morgan fingerprint density at radius 3 is 2.56 bits per heavy atom. The Bertz CT molecular complexity index is 529. The summed E-state index contributed by atoms with van der Waals surface area (Å²) >= 11 is 0. The summed E-state index contributed by atoms with van der Waals surface area (Å²) in [7, 11) is 0. The molecule has 1 aromatic carbocycles. The first-order valence-corrected chi connectivity index (χ1v) is 4.61. The van der Waals surface area contributed by atoms with E-state index in [-0.39, 0.29) is 5.75 Å². The Kier molecular flexibility index (Phi) is 2.70. The van der Waals surface area contributed by atoms with E-state index in [9.17, 15) is 0 Å². The van der Waals surface area contributed by atoms with Gasteiger partial charge in [-0.1, -0.05) is 0 Å². The van der Waals surface area contributed by atoms with Crippen molar-refractivity contribution < 1.29 is 9.84 Å². The maximum Gasteiger partial charge on any atom is 0.144 e. The number of benzene rings is 1. The quantitative estimate of drug-likeness (QED) is 0.830. The number of nitrogens with zero attached hydrogens (tertiary/aromatic N) is 2. The van der Waals surface area contributed by atoms with E-state index in [0.29, 0.717) is 17.2 Å². The van der Waals surface area contributed by atoms with Gasteiger partial charge in [0, 0.05) is 12.3 Å². The van der Waals surface area contributed by atoms with Crippen LogP contribution in [0.5, 0.6) is 17.2 Å². The molecule has 2 rings (SSSR count). The van der Waals surface area contributed by atoms with Crippen LogP contribution < -0.4 is 4.74 Å². The number of hydrogen-bond acceptors (Lipinski definition) is 4. The summed E-state index contributed by atoms with van der Waals surface area (Å²) in [6.07, 6.45) is 1.51. The number of ether oxygens (including phenoxy) is 1. The molecule has 0 amide bonds. The van der Waals surface area contributed by atoms with Gasteiger partial charge < -0.3 is 9.84 Å². The maximum atomic E-state index is 9.10. The van der Waals surface area contributed by atoms with Crippen molar-refractivity contribution in [1.29, 1.82) is 5.26 Å². The molecule has 0 unspecified atom stereocenters. The molecule has 0 spiro atoms. The zero-order chi connectivity index (χ0) is 11.4. The van der Waals surface area contributed by atoms with Gasteiger partial charge in [-0.2, -0.15) is 5.26 Å². The van der Waals surface area contributed by atoms with Crippen molar-refractivity contribution in [2.75, 3.05) is 0 Å². The van der Waals surface area contributed by atoms with Gasteiger partial charge >= 0.3 is 0 Å². The first-order valence-electron chi connectivity index (χ1n) is 4.61. The second-order valence-corrected chi connectivity index (χ2v) is 3.08. The lowest BCUT2D eigenvalue weighted by Crippen LogP contribution is -1.86. The van der Waals surface area contributed by atoms with Crippen LogP contribution in [0.3, 0.4) is 0 Å². The molecule has 2 aromatic rings. The van der Waals surface area contributed by atoms with Crippen LogP contribution in [0.15, 0.2) is 42.6 Å². The van der Waals surface area contributed by atoms with Crippen LogP contribution in [0, 0.1) is 11.3 Å². The van der Waals surface area contributed by atoms with E-state index in [2.05, 4.69) is 4.98 Å². The van der Waals surface area contributed by atoms with Crippen LogP contribution in [-0.4, -0.2) is 10.1 Å². The minimum Gasteiger partial charge on any atom is -0.508 e. The molecule has 0 saturated carbocycles. The molecule has 0 saturated heterocycles. The highest BCUT2D eigenvalue weighted by Gasteiger charge is 1.99. The molecule has 1 N–H and O–H groups in total. The van der Waals surface area contributed by atoms with Crippen molar-refractivity contribution in [2.24, 2.45) is 0 Å². The summed E-state index contributed by atoms with van der Waals surface area (Å²) in [6.45, 7) is 0. The molecule has 0 aliphatic carbocycles. The molecule has 0 bridgehead atoms. The number of aromatic hydroxyl groups is 1. The highest BCUT2D eigenvalue weighted by Crippen LogP contribution is 2.23. The van der Waals surface area contributed by atoms with Crippen molar-refractivity contribution in [3.63, 3.8) is 0 Å². The molecule has 0 radical (unpaired) electrons. The van der Waals surface area contributed by atoms with Crippen molar-refractivity contribution in [2.45, 2.75) is 0 Å². The molecular formula is C12H8N2O2. The van der Waals surface area contributed by atoms with E-state index in [0.717, 1.165) is 0 Å². The van der Waals surface area contributed by atoms with E-state index in [1.807, 2.05) is 6.07 Å². The molecule has 0 atom stereocenters. The SMILES string of the molecule is N#Cc1cc(Oc2ccc(O)cc2)ccn1. The first-order chi connectivity index (χ1) is 7.78. The van der Waals surface area contributed by atoms with Gasteiger partial charge in [-0.3, -0.25) is 0 Å². The molecule has 16 heavy (non-hydrogen) atoms. The number of phenols is 1. The molecule has 78 valence electrons. The second kappa shape index (κ2) is 4.32. The summed E-state index contributed by atoms with van der Waals surface area (Å²) in [5, 5.41) is 17.8. The zero-order valence-electron chi connectivity index (χ0n) is 8.29. The highest BCUT2D eigenvalue weighted by molar-refractivity contribution is 5.36. The van der Waals surface area contributed by atoms with E-state index in [4.69, 9.17) is 15.1 Å². The van der Waals surface area contributed by atoms with Gasteiger partial charge in [0.1, 0.15) is 29.0 Å². The Balaban J connectivity index is 2.21. The predicted molar refractivity (Wildman–Crippen MR) is 57.1 cm³/mol.